The Kier molecular flexibility index (Phi) is 3.87. The minimum Gasteiger partial charge on any atom is -0.387 e. The lowest BCUT2D eigenvalue weighted by molar-refractivity contribution is -0.129. The fourth-order valence-corrected chi connectivity index (χ4v) is 3.10. The Morgan fingerprint density at radius 1 is 1.24 bits per heavy atom. The normalized spacial score (nSPS) is 23.4. The van der Waals surface area contributed by atoms with Gasteiger partial charge in [-0.1, -0.05) is 23.7 Å². The molecule has 2 atom stereocenters. The van der Waals surface area contributed by atoms with Gasteiger partial charge in [-0.15, -0.1) is 0 Å². The molecular formula is C15H17ClN2O3. The summed E-state index contributed by atoms with van der Waals surface area (Å²) in [4.78, 5) is 27.4. The number of β-amino-alcohol motifs (C(OH)–C–C–N with tert-alkyl or cyclic N) is 1. The van der Waals surface area contributed by atoms with Crippen LogP contribution in [0.3, 0.4) is 0 Å². The number of piperidine rings is 1. The molecule has 6 heteroatoms. The molecule has 2 saturated heterocycles. The summed E-state index contributed by atoms with van der Waals surface area (Å²) in [6.45, 7) is 0.620. The maximum absolute atomic E-state index is 12.3. The first-order valence-electron chi connectivity index (χ1n) is 7.13. The van der Waals surface area contributed by atoms with Crippen molar-refractivity contribution >= 4 is 23.5 Å². The molecule has 21 heavy (non-hydrogen) atoms. The molecule has 2 fully saturated rings. The van der Waals surface area contributed by atoms with Gasteiger partial charge in [-0.25, -0.2) is 4.79 Å². The van der Waals surface area contributed by atoms with Gasteiger partial charge >= 0.3 is 6.03 Å². The molecule has 0 spiro atoms. The third kappa shape index (κ3) is 2.63. The van der Waals surface area contributed by atoms with E-state index in [0.29, 0.717) is 17.1 Å². The molecule has 1 aromatic rings. The first-order chi connectivity index (χ1) is 10.1. The predicted octanol–water partition coefficient (Wildman–Crippen LogP) is 2.19. The molecule has 2 aliphatic rings. The van der Waals surface area contributed by atoms with Gasteiger partial charge in [-0.3, -0.25) is 9.69 Å². The summed E-state index contributed by atoms with van der Waals surface area (Å²) in [5.74, 6) is -0.187. The number of rotatable bonds is 3. The van der Waals surface area contributed by atoms with Crippen LogP contribution in [0, 0.1) is 0 Å². The molecule has 0 aliphatic carbocycles. The topological polar surface area (TPSA) is 60.9 Å². The Labute approximate surface area is 128 Å². The Morgan fingerprint density at radius 2 is 1.95 bits per heavy atom. The number of urea groups is 1. The maximum atomic E-state index is 12.3. The molecular weight excluding hydrogens is 292 g/mol. The average molecular weight is 309 g/mol. The number of aliphatic hydroxyl groups is 1. The van der Waals surface area contributed by atoms with Gasteiger partial charge in [-0.05, 0) is 37.0 Å². The predicted molar refractivity (Wildman–Crippen MR) is 77.9 cm³/mol. The zero-order chi connectivity index (χ0) is 15.0. The van der Waals surface area contributed by atoms with Gasteiger partial charge in [0.2, 0.25) is 0 Å². The van der Waals surface area contributed by atoms with Gasteiger partial charge in [0.05, 0.1) is 12.6 Å². The average Bonchev–Trinajstić information content (AvgIpc) is 2.73. The SMILES string of the molecule is O=C1[C@H]2CCCCN2C(=O)N1C[C@H](O)c1ccc(Cl)cc1. The largest absolute Gasteiger partial charge is 0.387 e. The van der Waals surface area contributed by atoms with Crippen molar-refractivity contribution in [2.45, 2.75) is 31.4 Å². The molecule has 0 saturated carbocycles. The van der Waals surface area contributed by atoms with Crippen molar-refractivity contribution < 1.29 is 14.7 Å². The van der Waals surface area contributed by atoms with E-state index >= 15 is 0 Å². The molecule has 1 aromatic carbocycles. The van der Waals surface area contributed by atoms with Crippen LogP contribution in [0.4, 0.5) is 4.79 Å². The lowest BCUT2D eigenvalue weighted by atomic mass is 10.0. The number of halogens is 1. The Bertz CT molecular complexity index is 537. The van der Waals surface area contributed by atoms with Crippen molar-refractivity contribution in [3.63, 3.8) is 0 Å². The molecule has 0 aromatic heterocycles. The molecule has 0 bridgehead atoms. The van der Waals surface area contributed by atoms with Gasteiger partial charge in [0.15, 0.2) is 0 Å². The number of hydrogen-bond donors (Lipinski definition) is 1. The fraction of sp³-hybridized carbons (Fsp3) is 0.467. The molecule has 0 radical (unpaired) electrons. The maximum Gasteiger partial charge on any atom is 0.327 e. The van der Waals surface area contributed by atoms with E-state index in [1.54, 1.807) is 29.2 Å². The van der Waals surface area contributed by atoms with Crippen molar-refractivity contribution in [2.75, 3.05) is 13.1 Å². The van der Waals surface area contributed by atoms with Gasteiger partial charge in [0.1, 0.15) is 6.04 Å². The van der Waals surface area contributed by atoms with E-state index in [1.807, 2.05) is 0 Å². The number of aliphatic hydroxyl groups excluding tert-OH is 1. The highest BCUT2D eigenvalue weighted by molar-refractivity contribution is 6.30. The van der Waals surface area contributed by atoms with E-state index in [2.05, 4.69) is 0 Å². The van der Waals surface area contributed by atoms with Crippen molar-refractivity contribution in [1.82, 2.24) is 9.80 Å². The highest BCUT2D eigenvalue weighted by Crippen LogP contribution is 2.28. The van der Waals surface area contributed by atoms with Crippen LogP contribution >= 0.6 is 11.6 Å². The number of carbonyl (C=O) groups is 2. The number of carbonyl (C=O) groups excluding carboxylic acids is 2. The summed E-state index contributed by atoms with van der Waals surface area (Å²) in [5, 5.41) is 10.8. The molecule has 3 amide bonds. The van der Waals surface area contributed by atoms with E-state index in [-0.39, 0.29) is 24.5 Å². The second-order valence-electron chi connectivity index (χ2n) is 5.50. The van der Waals surface area contributed by atoms with Crippen molar-refractivity contribution in [3.8, 4) is 0 Å². The van der Waals surface area contributed by atoms with Crippen LogP contribution in [0.15, 0.2) is 24.3 Å². The molecule has 3 rings (SSSR count). The van der Waals surface area contributed by atoms with Crippen LogP contribution in [0.1, 0.15) is 30.9 Å². The molecule has 2 aliphatic heterocycles. The molecule has 5 nitrogen and oxygen atoms in total. The van der Waals surface area contributed by atoms with Gasteiger partial charge in [0.25, 0.3) is 5.91 Å². The second kappa shape index (κ2) is 5.66. The molecule has 1 N–H and O–H groups in total. The number of hydrogen-bond acceptors (Lipinski definition) is 3. The van der Waals surface area contributed by atoms with Gasteiger partial charge < -0.3 is 10.0 Å². The van der Waals surface area contributed by atoms with Crippen molar-refractivity contribution in [2.24, 2.45) is 0 Å². The van der Waals surface area contributed by atoms with Crippen LogP contribution < -0.4 is 0 Å². The van der Waals surface area contributed by atoms with Crippen LogP contribution in [0.5, 0.6) is 0 Å². The Morgan fingerprint density at radius 3 is 2.62 bits per heavy atom. The lowest BCUT2D eigenvalue weighted by Crippen LogP contribution is -2.39. The zero-order valence-corrected chi connectivity index (χ0v) is 12.3. The summed E-state index contributed by atoms with van der Waals surface area (Å²) in [6.07, 6.45) is 1.73. The first-order valence-corrected chi connectivity index (χ1v) is 7.51. The standard InChI is InChI=1S/C15H17ClN2O3/c16-11-6-4-10(5-7-11)13(19)9-18-14(20)12-3-1-2-8-17(12)15(18)21/h4-7,12-13,19H,1-3,8-9H2/t12-,13+/m1/s1. The highest BCUT2D eigenvalue weighted by atomic mass is 35.5. The summed E-state index contributed by atoms with van der Waals surface area (Å²) in [5.41, 5.74) is 0.643. The van der Waals surface area contributed by atoms with Crippen molar-refractivity contribution in [3.05, 3.63) is 34.9 Å². The van der Waals surface area contributed by atoms with Gasteiger partial charge in [0, 0.05) is 11.6 Å². The van der Waals surface area contributed by atoms with E-state index in [9.17, 15) is 14.7 Å². The Balaban J connectivity index is 1.73. The quantitative estimate of drug-likeness (QED) is 0.871. The van der Waals surface area contributed by atoms with Crippen LogP contribution in [0.25, 0.3) is 0 Å². The molecule has 112 valence electrons. The van der Waals surface area contributed by atoms with Crippen LogP contribution in [0.2, 0.25) is 5.02 Å². The summed E-state index contributed by atoms with van der Waals surface area (Å²) >= 11 is 5.81. The zero-order valence-electron chi connectivity index (χ0n) is 11.5. The van der Waals surface area contributed by atoms with E-state index < -0.39 is 6.10 Å². The van der Waals surface area contributed by atoms with E-state index in [1.165, 1.54) is 4.90 Å². The minimum atomic E-state index is -0.892. The van der Waals surface area contributed by atoms with E-state index in [4.69, 9.17) is 11.6 Å². The summed E-state index contributed by atoms with van der Waals surface area (Å²) < 4.78 is 0. The Hall–Kier alpha value is -1.59. The molecule has 2 heterocycles. The van der Waals surface area contributed by atoms with Crippen LogP contribution in [-0.4, -0.2) is 46.0 Å². The third-order valence-electron chi connectivity index (χ3n) is 4.14. The van der Waals surface area contributed by atoms with Gasteiger partial charge in [-0.2, -0.15) is 0 Å². The smallest absolute Gasteiger partial charge is 0.327 e. The number of benzene rings is 1. The fourth-order valence-electron chi connectivity index (χ4n) is 2.98. The molecule has 0 unspecified atom stereocenters. The first kappa shape index (κ1) is 14.4. The number of amides is 3. The number of imide groups is 1. The highest BCUT2D eigenvalue weighted by Gasteiger charge is 2.46. The summed E-state index contributed by atoms with van der Waals surface area (Å²) in [7, 11) is 0. The number of nitrogens with zero attached hydrogens (tertiary/aromatic N) is 2. The second-order valence-corrected chi connectivity index (χ2v) is 5.94. The lowest BCUT2D eigenvalue weighted by Gasteiger charge is -2.26. The van der Waals surface area contributed by atoms with Crippen LogP contribution in [-0.2, 0) is 4.79 Å². The monoisotopic (exact) mass is 308 g/mol. The third-order valence-corrected chi connectivity index (χ3v) is 4.39. The minimum absolute atomic E-state index is 0.00764. The summed E-state index contributed by atoms with van der Waals surface area (Å²) in [6, 6.07) is 6.14. The number of fused-ring (bicyclic) bond motifs is 1. The van der Waals surface area contributed by atoms with Crippen molar-refractivity contribution in [1.29, 1.82) is 0 Å². The van der Waals surface area contributed by atoms with E-state index in [0.717, 1.165) is 19.3 Å².